The van der Waals surface area contributed by atoms with Gasteiger partial charge in [0.15, 0.2) is 0 Å². The Labute approximate surface area is 74.2 Å². The molecular formula is C5H8N2O3S2. The van der Waals surface area contributed by atoms with Crippen molar-refractivity contribution in [3.8, 4) is 5.19 Å². The first-order valence-electron chi connectivity index (χ1n) is 3.00. The van der Waals surface area contributed by atoms with Crippen LogP contribution in [0.5, 0.6) is 5.19 Å². The van der Waals surface area contributed by atoms with Crippen LogP contribution in [0.1, 0.15) is 4.88 Å². The average Bonchev–Trinajstić information content (AvgIpc) is 2.32. The van der Waals surface area contributed by atoms with Gasteiger partial charge in [-0.15, -0.1) is 0 Å². The van der Waals surface area contributed by atoms with E-state index in [-0.39, 0.29) is 5.75 Å². The normalized spacial score (nSPS) is 11.5. The second kappa shape index (κ2) is 3.38. The molecule has 0 spiro atoms. The van der Waals surface area contributed by atoms with Crippen LogP contribution in [-0.4, -0.2) is 20.5 Å². The van der Waals surface area contributed by atoms with E-state index in [1.165, 1.54) is 24.6 Å². The van der Waals surface area contributed by atoms with Crippen LogP contribution >= 0.6 is 11.3 Å². The summed E-state index contributed by atoms with van der Waals surface area (Å²) in [5, 5.41) is 5.27. The molecule has 1 aromatic heterocycles. The fraction of sp³-hybridized carbons (Fsp3) is 0.400. The van der Waals surface area contributed by atoms with Gasteiger partial charge in [0.2, 0.25) is 10.0 Å². The van der Waals surface area contributed by atoms with Gasteiger partial charge < -0.3 is 4.74 Å². The molecule has 0 aliphatic rings. The summed E-state index contributed by atoms with van der Waals surface area (Å²) in [4.78, 5) is 4.37. The topological polar surface area (TPSA) is 82.3 Å². The highest BCUT2D eigenvalue weighted by atomic mass is 32.2. The van der Waals surface area contributed by atoms with Crippen molar-refractivity contribution >= 4 is 21.4 Å². The zero-order valence-electron chi connectivity index (χ0n) is 6.35. The lowest BCUT2D eigenvalue weighted by molar-refractivity contribution is 0.412. The second-order valence-electron chi connectivity index (χ2n) is 2.10. The zero-order valence-corrected chi connectivity index (χ0v) is 7.98. The summed E-state index contributed by atoms with van der Waals surface area (Å²) < 4.78 is 26.0. The largest absolute Gasteiger partial charge is 0.473 e. The second-order valence-corrected chi connectivity index (χ2v) is 4.80. The van der Waals surface area contributed by atoms with E-state index in [2.05, 4.69) is 4.98 Å². The maximum Gasteiger partial charge on any atom is 0.273 e. The number of thiazole rings is 1. The van der Waals surface area contributed by atoms with Gasteiger partial charge in [0.05, 0.1) is 7.11 Å². The predicted molar refractivity (Wildman–Crippen MR) is 45.5 cm³/mol. The molecule has 5 nitrogen and oxygen atoms in total. The van der Waals surface area contributed by atoms with Crippen molar-refractivity contribution in [1.82, 2.24) is 4.98 Å². The number of methoxy groups -OCH3 is 1. The number of sulfonamides is 1. The lowest BCUT2D eigenvalue weighted by Gasteiger charge is -1.91. The SMILES string of the molecule is COc1ncc(CS(N)(=O)=O)s1. The first kappa shape index (κ1) is 9.43. The molecule has 0 saturated heterocycles. The van der Waals surface area contributed by atoms with Crippen LogP contribution in [-0.2, 0) is 15.8 Å². The van der Waals surface area contributed by atoms with Gasteiger partial charge >= 0.3 is 0 Å². The van der Waals surface area contributed by atoms with E-state index in [0.717, 1.165) is 0 Å². The average molecular weight is 208 g/mol. The van der Waals surface area contributed by atoms with Crippen molar-refractivity contribution in [1.29, 1.82) is 0 Å². The van der Waals surface area contributed by atoms with E-state index in [1.54, 1.807) is 0 Å². The number of aromatic nitrogens is 1. The Balaban J connectivity index is 2.78. The minimum atomic E-state index is -3.46. The molecule has 12 heavy (non-hydrogen) atoms. The number of hydrogen-bond acceptors (Lipinski definition) is 5. The van der Waals surface area contributed by atoms with Gasteiger partial charge in [0.25, 0.3) is 5.19 Å². The summed E-state index contributed by atoms with van der Waals surface area (Å²) in [5.74, 6) is -0.186. The van der Waals surface area contributed by atoms with E-state index in [9.17, 15) is 8.42 Å². The predicted octanol–water partition coefficient (Wildman–Crippen LogP) is -0.0598. The Morgan fingerprint density at radius 1 is 1.75 bits per heavy atom. The zero-order chi connectivity index (χ0) is 9.19. The molecule has 0 aliphatic carbocycles. The first-order chi connectivity index (χ1) is 5.51. The smallest absolute Gasteiger partial charge is 0.273 e. The Hall–Kier alpha value is -0.660. The minimum absolute atomic E-state index is 0.186. The number of nitrogens with two attached hydrogens (primary N) is 1. The molecule has 68 valence electrons. The van der Waals surface area contributed by atoms with Crippen LogP contribution in [0.15, 0.2) is 6.20 Å². The Morgan fingerprint density at radius 3 is 2.83 bits per heavy atom. The molecule has 0 aliphatic heterocycles. The van der Waals surface area contributed by atoms with E-state index in [4.69, 9.17) is 9.88 Å². The molecular weight excluding hydrogens is 200 g/mol. The Bertz CT molecular complexity index is 357. The maximum atomic E-state index is 10.6. The number of nitrogens with zero attached hydrogens (tertiary/aromatic N) is 1. The first-order valence-corrected chi connectivity index (χ1v) is 5.53. The molecule has 1 heterocycles. The van der Waals surface area contributed by atoms with Crippen LogP contribution in [0, 0.1) is 0 Å². The van der Waals surface area contributed by atoms with Crippen molar-refractivity contribution in [2.24, 2.45) is 5.14 Å². The lowest BCUT2D eigenvalue weighted by atomic mass is 10.6. The summed E-state index contributed by atoms with van der Waals surface area (Å²) in [7, 11) is -1.99. The number of primary sulfonamides is 1. The molecule has 0 unspecified atom stereocenters. The van der Waals surface area contributed by atoms with Gasteiger partial charge in [-0.3, -0.25) is 0 Å². The molecule has 0 fully saturated rings. The molecule has 0 amide bonds. The van der Waals surface area contributed by atoms with E-state index in [0.29, 0.717) is 10.1 Å². The summed E-state index contributed by atoms with van der Waals surface area (Å²) in [5.41, 5.74) is 0. The Morgan fingerprint density at radius 2 is 2.42 bits per heavy atom. The van der Waals surface area contributed by atoms with Crippen LogP contribution < -0.4 is 9.88 Å². The van der Waals surface area contributed by atoms with Gasteiger partial charge in [-0.2, -0.15) is 0 Å². The summed E-state index contributed by atoms with van der Waals surface area (Å²) in [6, 6.07) is 0. The highest BCUT2D eigenvalue weighted by molar-refractivity contribution is 7.88. The number of ether oxygens (including phenoxy) is 1. The van der Waals surface area contributed by atoms with Crippen molar-refractivity contribution in [2.75, 3.05) is 7.11 Å². The van der Waals surface area contributed by atoms with Crippen molar-refractivity contribution in [2.45, 2.75) is 5.75 Å². The van der Waals surface area contributed by atoms with E-state index in [1.807, 2.05) is 0 Å². The highest BCUT2D eigenvalue weighted by Crippen LogP contribution is 2.20. The quantitative estimate of drug-likeness (QED) is 0.754. The standard InChI is InChI=1S/C5H8N2O3S2/c1-10-5-7-2-4(11-5)3-12(6,8)9/h2H,3H2,1H3,(H2,6,8,9). The molecule has 1 aromatic rings. The van der Waals surface area contributed by atoms with E-state index < -0.39 is 10.0 Å². The monoisotopic (exact) mass is 208 g/mol. The minimum Gasteiger partial charge on any atom is -0.473 e. The van der Waals surface area contributed by atoms with E-state index >= 15 is 0 Å². The van der Waals surface area contributed by atoms with Crippen LogP contribution in [0.2, 0.25) is 0 Å². The maximum absolute atomic E-state index is 10.6. The highest BCUT2D eigenvalue weighted by Gasteiger charge is 2.08. The molecule has 0 atom stereocenters. The molecule has 0 radical (unpaired) electrons. The summed E-state index contributed by atoms with van der Waals surface area (Å²) >= 11 is 1.17. The fourth-order valence-corrected chi connectivity index (χ4v) is 2.37. The fourth-order valence-electron chi connectivity index (χ4n) is 0.649. The van der Waals surface area contributed by atoms with Crippen molar-refractivity contribution < 1.29 is 13.2 Å². The molecule has 0 bridgehead atoms. The third-order valence-corrected chi connectivity index (χ3v) is 2.91. The van der Waals surface area contributed by atoms with Gasteiger partial charge in [0.1, 0.15) is 5.75 Å². The van der Waals surface area contributed by atoms with Crippen LogP contribution in [0.25, 0.3) is 0 Å². The number of rotatable bonds is 3. The van der Waals surface area contributed by atoms with Gasteiger partial charge in [-0.1, -0.05) is 11.3 Å². The molecule has 0 aromatic carbocycles. The van der Waals surface area contributed by atoms with Gasteiger partial charge in [0, 0.05) is 11.1 Å². The van der Waals surface area contributed by atoms with Crippen LogP contribution in [0.3, 0.4) is 0 Å². The lowest BCUT2D eigenvalue weighted by Crippen LogP contribution is -2.13. The molecule has 2 N–H and O–H groups in total. The molecule has 1 rings (SSSR count). The van der Waals surface area contributed by atoms with Gasteiger partial charge in [-0.05, 0) is 0 Å². The summed E-state index contributed by atoms with van der Waals surface area (Å²) in [6.45, 7) is 0. The third kappa shape index (κ3) is 2.76. The van der Waals surface area contributed by atoms with Crippen molar-refractivity contribution in [3.05, 3.63) is 11.1 Å². The van der Waals surface area contributed by atoms with Crippen molar-refractivity contribution in [3.63, 3.8) is 0 Å². The molecule has 0 saturated carbocycles. The third-order valence-electron chi connectivity index (χ3n) is 1.05. The van der Waals surface area contributed by atoms with Crippen LogP contribution in [0.4, 0.5) is 0 Å². The number of hydrogen-bond donors (Lipinski definition) is 1. The molecule has 7 heteroatoms. The van der Waals surface area contributed by atoms with Gasteiger partial charge in [-0.25, -0.2) is 18.5 Å². The Kier molecular flexibility index (Phi) is 2.65. The summed E-state index contributed by atoms with van der Waals surface area (Å²) in [6.07, 6.45) is 1.44.